The summed E-state index contributed by atoms with van der Waals surface area (Å²) in [6, 6.07) is 2.88. The molecular weight excluding hydrogens is 363 g/mol. The van der Waals surface area contributed by atoms with Gasteiger partial charge in [-0.05, 0) is 44.5 Å². The average molecular weight is 380 g/mol. The summed E-state index contributed by atoms with van der Waals surface area (Å²) in [5.41, 5.74) is -0.485. The van der Waals surface area contributed by atoms with Gasteiger partial charge in [-0.2, -0.15) is 0 Å². The van der Waals surface area contributed by atoms with E-state index >= 15 is 0 Å². The third kappa shape index (κ3) is 3.94. The highest BCUT2D eigenvalue weighted by molar-refractivity contribution is 9.10. The molecule has 1 fully saturated rings. The molecule has 0 saturated carbocycles. The van der Waals surface area contributed by atoms with Gasteiger partial charge < -0.3 is 4.74 Å². The second-order valence-electron chi connectivity index (χ2n) is 6.35. The fourth-order valence-electron chi connectivity index (χ4n) is 2.38. The van der Waals surface area contributed by atoms with Gasteiger partial charge >= 0.3 is 6.09 Å². The lowest BCUT2D eigenvalue weighted by atomic mass is 10.0. The van der Waals surface area contributed by atoms with E-state index in [1.165, 1.54) is 12.1 Å². The van der Waals surface area contributed by atoms with E-state index in [9.17, 15) is 18.0 Å². The van der Waals surface area contributed by atoms with Crippen LogP contribution in [0.3, 0.4) is 0 Å². The number of carbonyl (C=O) groups excluding carboxylic acids is 1. The topological polar surface area (TPSA) is 29.5 Å². The van der Waals surface area contributed by atoms with Crippen molar-refractivity contribution in [3.63, 3.8) is 0 Å². The van der Waals surface area contributed by atoms with Crippen LogP contribution in [-0.4, -0.2) is 29.1 Å². The van der Waals surface area contributed by atoms with Crippen molar-refractivity contribution in [2.75, 3.05) is 6.54 Å². The number of benzene rings is 1. The minimum absolute atomic E-state index is 0.308. The third-order valence-corrected chi connectivity index (χ3v) is 3.94. The van der Waals surface area contributed by atoms with Gasteiger partial charge in [-0.25, -0.2) is 18.0 Å². The lowest BCUT2D eigenvalue weighted by Gasteiger charge is -2.28. The summed E-state index contributed by atoms with van der Waals surface area (Å²) in [5.74, 6) is -3.58. The van der Waals surface area contributed by atoms with Crippen molar-refractivity contribution in [2.45, 2.75) is 44.8 Å². The summed E-state index contributed by atoms with van der Waals surface area (Å²) in [6.07, 6.45) is -1.39. The standard InChI is InChI=1S/C15H17BrF3NO2/c1-14(2,3)22-13(21)20-8-15(18,19)7-12(20)10-6-9(17)4-5-11(10)16/h4-6,12H,7-8H2,1-3H3. The molecule has 122 valence electrons. The fraction of sp³-hybridized carbons (Fsp3) is 0.533. The number of amides is 1. The van der Waals surface area contributed by atoms with Crippen molar-refractivity contribution >= 4 is 22.0 Å². The molecule has 1 heterocycles. The number of hydrogen-bond donors (Lipinski definition) is 0. The smallest absolute Gasteiger partial charge is 0.411 e. The highest BCUT2D eigenvalue weighted by Crippen LogP contribution is 2.43. The molecule has 1 atom stereocenters. The SMILES string of the molecule is CC(C)(C)OC(=O)N1CC(F)(F)CC1c1cc(F)ccc1Br. The lowest BCUT2D eigenvalue weighted by molar-refractivity contribution is -0.00243. The van der Waals surface area contributed by atoms with E-state index in [2.05, 4.69) is 15.9 Å². The molecule has 0 aromatic heterocycles. The molecule has 3 nitrogen and oxygen atoms in total. The zero-order valence-corrected chi connectivity index (χ0v) is 14.1. The summed E-state index contributed by atoms with van der Waals surface area (Å²) >= 11 is 3.23. The van der Waals surface area contributed by atoms with Crippen molar-refractivity contribution in [3.8, 4) is 0 Å². The molecule has 1 saturated heterocycles. The number of rotatable bonds is 1. The van der Waals surface area contributed by atoms with E-state index in [1.54, 1.807) is 20.8 Å². The average Bonchev–Trinajstić information content (AvgIpc) is 2.66. The lowest BCUT2D eigenvalue weighted by Crippen LogP contribution is -2.38. The second-order valence-corrected chi connectivity index (χ2v) is 7.20. The first kappa shape index (κ1) is 17.1. The Morgan fingerprint density at radius 1 is 1.41 bits per heavy atom. The van der Waals surface area contributed by atoms with Gasteiger partial charge in [0.2, 0.25) is 0 Å². The van der Waals surface area contributed by atoms with Gasteiger partial charge in [0.1, 0.15) is 11.4 Å². The summed E-state index contributed by atoms with van der Waals surface area (Å²) in [6.45, 7) is 4.24. The third-order valence-electron chi connectivity index (χ3n) is 3.21. The van der Waals surface area contributed by atoms with E-state index in [0.29, 0.717) is 10.0 Å². The first-order valence-corrected chi connectivity index (χ1v) is 7.60. The monoisotopic (exact) mass is 379 g/mol. The Morgan fingerprint density at radius 3 is 2.64 bits per heavy atom. The minimum Gasteiger partial charge on any atom is -0.444 e. The first-order chi connectivity index (χ1) is 9.98. The summed E-state index contributed by atoms with van der Waals surface area (Å²) < 4.78 is 46.7. The van der Waals surface area contributed by atoms with Crippen molar-refractivity contribution in [3.05, 3.63) is 34.1 Å². The molecule has 1 aliphatic rings. The van der Waals surface area contributed by atoms with Gasteiger partial charge in [0, 0.05) is 10.9 Å². The van der Waals surface area contributed by atoms with Gasteiger partial charge in [0.05, 0.1) is 12.6 Å². The Balaban J connectivity index is 2.35. The maximum Gasteiger partial charge on any atom is 0.411 e. The van der Waals surface area contributed by atoms with Crippen LogP contribution in [0.2, 0.25) is 0 Å². The normalized spacial score (nSPS) is 21.0. The molecule has 22 heavy (non-hydrogen) atoms. The van der Waals surface area contributed by atoms with Crippen LogP contribution in [0.25, 0.3) is 0 Å². The molecule has 0 N–H and O–H groups in total. The van der Waals surface area contributed by atoms with Crippen LogP contribution in [0, 0.1) is 5.82 Å². The number of carbonyl (C=O) groups is 1. The maximum absolute atomic E-state index is 13.8. The second kappa shape index (κ2) is 5.76. The quantitative estimate of drug-likeness (QED) is 0.693. The number of alkyl halides is 2. The number of halogens is 4. The number of hydrogen-bond acceptors (Lipinski definition) is 2. The first-order valence-electron chi connectivity index (χ1n) is 6.81. The van der Waals surface area contributed by atoms with Gasteiger partial charge in [-0.3, -0.25) is 4.90 Å². The molecule has 1 aromatic rings. The molecule has 1 unspecified atom stereocenters. The Bertz CT molecular complexity index is 587. The Hall–Kier alpha value is -1.24. The van der Waals surface area contributed by atoms with Crippen molar-refractivity contribution in [1.29, 1.82) is 0 Å². The summed E-state index contributed by atoms with van der Waals surface area (Å²) in [7, 11) is 0. The van der Waals surface area contributed by atoms with Crippen LogP contribution in [0.4, 0.5) is 18.0 Å². The van der Waals surface area contributed by atoms with Crippen LogP contribution >= 0.6 is 15.9 Å². The van der Waals surface area contributed by atoms with Gasteiger partial charge in [0.15, 0.2) is 0 Å². The predicted molar refractivity (Wildman–Crippen MR) is 79.3 cm³/mol. The van der Waals surface area contributed by atoms with Crippen LogP contribution < -0.4 is 0 Å². The van der Waals surface area contributed by atoms with Crippen LogP contribution in [0.5, 0.6) is 0 Å². The van der Waals surface area contributed by atoms with E-state index < -0.39 is 42.4 Å². The Morgan fingerprint density at radius 2 is 2.05 bits per heavy atom. The van der Waals surface area contributed by atoms with Crippen LogP contribution in [0.15, 0.2) is 22.7 Å². The van der Waals surface area contributed by atoms with E-state index in [1.807, 2.05) is 0 Å². The highest BCUT2D eigenvalue weighted by Gasteiger charge is 2.49. The fourth-order valence-corrected chi connectivity index (χ4v) is 2.89. The number of likely N-dealkylation sites (tertiary alicyclic amines) is 1. The Kier molecular flexibility index (Phi) is 4.48. The van der Waals surface area contributed by atoms with E-state index in [-0.39, 0.29) is 0 Å². The van der Waals surface area contributed by atoms with Crippen molar-refractivity contribution in [2.24, 2.45) is 0 Å². The number of ether oxygens (including phenoxy) is 1. The van der Waals surface area contributed by atoms with Crippen molar-refractivity contribution < 1.29 is 22.7 Å². The minimum atomic E-state index is -3.03. The summed E-state index contributed by atoms with van der Waals surface area (Å²) in [5, 5.41) is 0. The van der Waals surface area contributed by atoms with Crippen LogP contribution in [-0.2, 0) is 4.74 Å². The number of nitrogens with zero attached hydrogens (tertiary/aromatic N) is 1. The predicted octanol–water partition coefficient (Wildman–Crippen LogP) is 4.91. The molecular formula is C15H17BrF3NO2. The molecule has 1 aromatic carbocycles. The zero-order chi connectivity index (χ0) is 16.7. The van der Waals surface area contributed by atoms with E-state index in [0.717, 1.165) is 11.0 Å². The summed E-state index contributed by atoms with van der Waals surface area (Å²) in [4.78, 5) is 13.2. The van der Waals surface area contributed by atoms with Crippen LogP contribution in [0.1, 0.15) is 38.8 Å². The molecule has 0 spiro atoms. The Labute approximate surface area is 135 Å². The molecule has 1 aliphatic heterocycles. The van der Waals surface area contributed by atoms with Gasteiger partial charge in [0.25, 0.3) is 5.92 Å². The van der Waals surface area contributed by atoms with E-state index in [4.69, 9.17) is 4.74 Å². The zero-order valence-electron chi connectivity index (χ0n) is 12.5. The molecule has 2 rings (SSSR count). The van der Waals surface area contributed by atoms with Crippen molar-refractivity contribution in [1.82, 2.24) is 4.90 Å². The molecule has 7 heteroatoms. The largest absolute Gasteiger partial charge is 0.444 e. The molecule has 0 bridgehead atoms. The maximum atomic E-state index is 13.8. The molecule has 0 radical (unpaired) electrons. The van der Waals surface area contributed by atoms with Gasteiger partial charge in [-0.15, -0.1) is 0 Å². The highest BCUT2D eigenvalue weighted by atomic mass is 79.9. The molecule has 0 aliphatic carbocycles. The van der Waals surface area contributed by atoms with Gasteiger partial charge in [-0.1, -0.05) is 15.9 Å². The molecule has 1 amide bonds.